The van der Waals surface area contributed by atoms with Crippen LogP contribution in [0.15, 0.2) is 71.3 Å². The molecule has 4 nitrogen and oxygen atoms in total. The summed E-state index contributed by atoms with van der Waals surface area (Å²) in [6.45, 7) is 2.52. The van der Waals surface area contributed by atoms with E-state index >= 15 is 0 Å². The van der Waals surface area contributed by atoms with Gasteiger partial charge >= 0.3 is 0 Å². The third-order valence-electron chi connectivity index (χ3n) is 3.96. The van der Waals surface area contributed by atoms with Gasteiger partial charge in [-0.05, 0) is 24.1 Å². The van der Waals surface area contributed by atoms with Gasteiger partial charge in [-0.2, -0.15) is 5.10 Å². The highest BCUT2D eigenvalue weighted by molar-refractivity contribution is 9.10. The first-order chi connectivity index (χ1) is 12.6. The van der Waals surface area contributed by atoms with Crippen molar-refractivity contribution in [3.63, 3.8) is 0 Å². The zero-order valence-corrected chi connectivity index (χ0v) is 16.8. The van der Waals surface area contributed by atoms with Crippen LogP contribution in [0.4, 0.5) is 5.82 Å². The number of nitrogens with one attached hydrogen (secondary N) is 1. The molecule has 26 heavy (non-hydrogen) atoms. The number of carbonyl (C=O) groups is 1. The van der Waals surface area contributed by atoms with E-state index in [-0.39, 0.29) is 11.2 Å². The summed E-state index contributed by atoms with van der Waals surface area (Å²) in [5.74, 6) is 1.50. The van der Waals surface area contributed by atoms with Crippen molar-refractivity contribution < 1.29 is 4.79 Å². The highest BCUT2D eigenvalue weighted by atomic mass is 79.9. The number of amides is 1. The topological polar surface area (TPSA) is 46.9 Å². The van der Waals surface area contributed by atoms with Gasteiger partial charge in [0.2, 0.25) is 5.91 Å². The predicted molar refractivity (Wildman–Crippen MR) is 111 cm³/mol. The minimum atomic E-state index is -0.151. The molecule has 2 aromatic carbocycles. The summed E-state index contributed by atoms with van der Waals surface area (Å²) >= 11 is 5.17. The summed E-state index contributed by atoms with van der Waals surface area (Å²) in [6.07, 6.45) is 1.70. The fourth-order valence-corrected chi connectivity index (χ4v) is 3.71. The first-order valence-electron chi connectivity index (χ1n) is 8.35. The summed E-state index contributed by atoms with van der Waals surface area (Å²) in [6, 6.07) is 20.0. The molecule has 1 aromatic heterocycles. The molecule has 1 amide bonds. The van der Waals surface area contributed by atoms with E-state index in [4.69, 9.17) is 0 Å². The molecule has 0 saturated heterocycles. The van der Waals surface area contributed by atoms with Gasteiger partial charge in [0.1, 0.15) is 5.82 Å². The Labute approximate surface area is 166 Å². The molecule has 1 heterocycles. The number of rotatable bonds is 7. The number of anilines is 1. The van der Waals surface area contributed by atoms with E-state index in [2.05, 4.69) is 38.5 Å². The lowest BCUT2D eigenvalue weighted by atomic mass is 10.2. The molecule has 0 aliphatic carbocycles. The van der Waals surface area contributed by atoms with E-state index in [0.717, 1.165) is 15.8 Å². The van der Waals surface area contributed by atoms with Crippen LogP contribution in [-0.2, 0) is 17.1 Å². The quantitative estimate of drug-likeness (QED) is 0.577. The second-order valence-corrected chi connectivity index (χ2v) is 8.08. The molecule has 134 valence electrons. The maximum Gasteiger partial charge on any atom is 0.238 e. The number of aromatic nitrogens is 2. The maximum absolute atomic E-state index is 12.5. The first kappa shape index (κ1) is 18.7. The molecule has 1 atom stereocenters. The lowest BCUT2D eigenvalue weighted by Gasteiger charge is -2.14. The monoisotopic (exact) mass is 429 g/mol. The van der Waals surface area contributed by atoms with Crippen LogP contribution in [0.3, 0.4) is 0 Å². The van der Waals surface area contributed by atoms with E-state index in [9.17, 15) is 4.79 Å². The Morgan fingerprint density at radius 1 is 1.15 bits per heavy atom. The molecule has 0 fully saturated rings. The van der Waals surface area contributed by atoms with Crippen molar-refractivity contribution in [1.82, 2.24) is 9.78 Å². The Morgan fingerprint density at radius 3 is 2.65 bits per heavy atom. The molecule has 0 aliphatic heterocycles. The lowest BCUT2D eigenvalue weighted by molar-refractivity contribution is -0.115. The molecule has 3 rings (SSSR count). The lowest BCUT2D eigenvalue weighted by Crippen LogP contribution is -2.24. The van der Waals surface area contributed by atoms with Gasteiger partial charge in [0.25, 0.3) is 0 Å². The fraction of sp³-hybridized carbons (Fsp3) is 0.200. The van der Waals surface area contributed by atoms with Gasteiger partial charge in [0.15, 0.2) is 0 Å². The van der Waals surface area contributed by atoms with Crippen LogP contribution >= 0.6 is 27.7 Å². The van der Waals surface area contributed by atoms with E-state index in [0.29, 0.717) is 12.4 Å². The molecule has 3 aromatic rings. The van der Waals surface area contributed by atoms with Gasteiger partial charge in [0.05, 0.1) is 18.0 Å². The van der Waals surface area contributed by atoms with E-state index in [1.54, 1.807) is 22.6 Å². The Morgan fingerprint density at radius 2 is 1.88 bits per heavy atom. The van der Waals surface area contributed by atoms with Crippen molar-refractivity contribution in [2.45, 2.75) is 24.5 Å². The van der Waals surface area contributed by atoms with Crippen LogP contribution in [0.2, 0.25) is 0 Å². The highest BCUT2D eigenvalue weighted by Crippen LogP contribution is 2.21. The largest absolute Gasteiger partial charge is 0.310 e. The molecule has 0 bridgehead atoms. The Bertz CT molecular complexity index is 866. The van der Waals surface area contributed by atoms with E-state index in [1.807, 2.05) is 55.5 Å². The van der Waals surface area contributed by atoms with Crippen molar-refractivity contribution in [2.75, 3.05) is 5.32 Å². The molecular weight excluding hydrogens is 410 g/mol. The van der Waals surface area contributed by atoms with Gasteiger partial charge in [-0.25, -0.2) is 4.68 Å². The number of thioether (sulfide) groups is 1. The summed E-state index contributed by atoms with van der Waals surface area (Å²) in [5.41, 5.74) is 2.33. The van der Waals surface area contributed by atoms with Crippen molar-refractivity contribution in [3.05, 3.63) is 82.5 Å². The third-order valence-corrected chi connectivity index (χ3v) is 5.95. The zero-order valence-electron chi connectivity index (χ0n) is 14.4. The van der Waals surface area contributed by atoms with Gasteiger partial charge in [-0.3, -0.25) is 4.79 Å². The second-order valence-electron chi connectivity index (χ2n) is 5.89. The molecule has 0 spiro atoms. The summed E-state index contributed by atoms with van der Waals surface area (Å²) in [5, 5.41) is 7.17. The fourth-order valence-electron chi connectivity index (χ4n) is 2.45. The molecule has 1 N–H and O–H groups in total. The van der Waals surface area contributed by atoms with Crippen LogP contribution < -0.4 is 5.32 Å². The van der Waals surface area contributed by atoms with Crippen molar-refractivity contribution in [1.29, 1.82) is 0 Å². The molecular formula is C20H20BrN3OS. The third kappa shape index (κ3) is 4.99. The first-order valence-corrected chi connectivity index (χ1v) is 10.2. The average molecular weight is 430 g/mol. The Hall–Kier alpha value is -2.05. The summed E-state index contributed by atoms with van der Waals surface area (Å²) < 4.78 is 2.83. The van der Waals surface area contributed by atoms with Crippen LogP contribution in [0.25, 0.3) is 0 Å². The summed E-state index contributed by atoms with van der Waals surface area (Å²) in [7, 11) is 0. The highest BCUT2D eigenvalue weighted by Gasteiger charge is 2.16. The van der Waals surface area contributed by atoms with Gasteiger partial charge in [-0.1, -0.05) is 64.5 Å². The van der Waals surface area contributed by atoms with Gasteiger partial charge in [0, 0.05) is 16.3 Å². The van der Waals surface area contributed by atoms with E-state index < -0.39 is 0 Å². The van der Waals surface area contributed by atoms with Crippen LogP contribution in [-0.4, -0.2) is 20.9 Å². The molecule has 0 radical (unpaired) electrons. The molecule has 6 heteroatoms. The van der Waals surface area contributed by atoms with Gasteiger partial charge in [-0.15, -0.1) is 11.8 Å². The second kappa shape index (κ2) is 9.05. The number of nitrogens with zero attached hydrogens (tertiary/aromatic N) is 2. The normalized spacial score (nSPS) is 11.9. The number of benzene rings is 2. The minimum absolute atomic E-state index is 0.0141. The van der Waals surface area contributed by atoms with Crippen molar-refractivity contribution in [2.24, 2.45) is 0 Å². The van der Waals surface area contributed by atoms with Gasteiger partial charge < -0.3 is 5.32 Å². The van der Waals surface area contributed by atoms with Crippen LogP contribution in [0, 0.1) is 0 Å². The molecule has 0 aliphatic rings. The van der Waals surface area contributed by atoms with Crippen molar-refractivity contribution in [3.8, 4) is 0 Å². The number of hydrogen-bond donors (Lipinski definition) is 1. The smallest absolute Gasteiger partial charge is 0.238 e. The average Bonchev–Trinajstić information content (AvgIpc) is 3.09. The molecule has 1 unspecified atom stereocenters. The Balaban J connectivity index is 1.59. The SMILES string of the molecule is CC(SCc1ccccc1)C(=O)Nc1ccnn1Cc1ccccc1Br. The number of hydrogen-bond acceptors (Lipinski definition) is 3. The van der Waals surface area contributed by atoms with Crippen LogP contribution in [0.5, 0.6) is 0 Å². The minimum Gasteiger partial charge on any atom is -0.310 e. The summed E-state index contributed by atoms with van der Waals surface area (Å²) in [4.78, 5) is 12.5. The Kier molecular flexibility index (Phi) is 6.52. The maximum atomic E-state index is 12.5. The van der Waals surface area contributed by atoms with Crippen LogP contribution in [0.1, 0.15) is 18.1 Å². The predicted octanol–water partition coefficient (Wildman–Crippen LogP) is 4.95. The molecule has 0 saturated carbocycles. The zero-order chi connectivity index (χ0) is 18.4. The standard InChI is InChI=1S/C20H20BrN3OS/c1-15(26-14-16-7-3-2-4-8-16)20(25)23-19-11-12-22-24(19)13-17-9-5-6-10-18(17)21/h2-12,15H,13-14H2,1H3,(H,23,25). The number of halogens is 1. The van der Waals surface area contributed by atoms with E-state index in [1.165, 1.54) is 5.56 Å². The number of carbonyl (C=O) groups excluding carboxylic acids is 1. The van der Waals surface area contributed by atoms with Crippen molar-refractivity contribution >= 4 is 39.4 Å².